The van der Waals surface area contributed by atoms with E-state index in [0.717, 1.165) is 0 Å². The van der Waals surface area contributed by atoms with Crippen LogP contribution < -0.4 is 5.32 Å². The first-order chi connectivity index (χ1) is 7.63. The van der Waals surface area contributed by atoms with Crippen LogP contribution in [0.25, 0.3) is 0 Å². The molecule has 0 heterocycles. The summed E-state index contributed by atoms with van der Waals surface area (Å²) in [5.41, 5.74) is 0.696. The second kappa shape index (κ2) is 6.26. The van der Waals surface area contributed by atoms with Crippen molar-refractivity contribution < 1.29 is 9.50 Å². The third-order valence-corrected chi connectivity index (χ3v) is 2.34. The van der Waals surface area contributed by atoms with Crippen molar-refractivity contribution in [3.8, 4) is 12.3 Å². The molecular weight excluding hydrogens is 205 g/mol. The van der Waals surface area contributed by atoms with Gasteiger partial charge in [0, 0.05) is 19.0 Å². The number of aliphatic hydroxyl groups is 1. The largest absolute Gasteiger partial charge is 0.387 e. The minimum atomic E-state index is -0.638. The predicted octanol–water partition coefficient (Wildman–Crippen LogP) is 1.86. The van der Waals surface area contributed by atoms with Crippen molar-refractivity contribution in [2.75, 3.05) is 6.54 Å². The van der Waals surface area contributed by atoms with Crippen molar-refractivity contribution in [1.82, 2.24) is 5.32 Å². The monoisotopic (exact) mass is 221 g/mol. The molecule has 1 aromatic carbocycles. The summed E-state index contributed by atoms with van der Waals surface area (Å²) in [6.07, 6.45) is 5.15. The van der Waals surface area contributed by atoms with E-state index in [9.17, 15) is 9.50 Å². The molecule has 2 nitrogen and oxygen atoms in total. The number of halogens is 1. The van der Waals surface area contributed by atoms with E-state index in [1.807, 2.05) is 6.92 Å². The molecule has 16 heavy (non-hydrogen) atoms. The number of hydrogen-bond acceptors (Lipinski definition) is 2. The molecule has 0 amide bonds. The highest BCUT2D eigenvalue weighted by atomic mass is 19.1. The fourth-order valence-electron chi connectivity index (χ4n) is 1.36. The minimum Gasteiger partial charge on any atom is -0.387 e. The molecule has 0 bridgehead atoms. The highest BCUT2D eigenvalue weighted by molar-refractivity contribution is 5.18. The summed E-state index contributed by atoms with van der Waals surface area (Å²) in [5, 5.41) is 12.9. The molecule has 0 aliphatic rings. The lowest BCUT2D eigenvalue weighted by Crippen LogP contribution is -2.30. The Morgan fingerprint density at radius 2 is 2.06 bits per heavy atom. The SMILES string of the molecule is C#CCC(C)NCC(O)c1ccc(F)cc1. The van der Waals surface area contributed by atoms with Crippen LogP contribution in [0.3, 0.4) is 0 Å². The smallest absolute Gasteiger partial charge is 0.123 e. The van der Waals surface area contributed by atoms with Gasteiger partial charge in [-0.1, -0.05) is 12.1 Å². The van der Waals surface area contributed by atoms with Gasteiger partial charge in [-0.15, -0.1) is 12.3 Å². The van der Waals surface area contributed by atoms with E-state index in [1.165, 1.54) is 12.1 Å². The van der Waals surface area contributed by atoms with Gasteiger partial charge in [0.05, 0.1) is 6.10 Å². The van der Waals surface area contributed by atoms with E-state index < -0.39 is 6.10 Å². The van der Waals surface area contributed by atoms with E-state index in [2.05, 4.69) is 11.2 Å². The van der Waals surface area contributed by atoms with Gasteiger partial charge in [0.25, 0.3) is 0 Å². The van der Waals surface area contributed by atoms with Crippen molar-refractivity contribution in [2.45, 2.75) is 25.5 Å². The Morgan fingerprint density at radius 1 is 1.44 bits per heavy atom. The molecule has 0 aromatic heterocycles. The van der Waals surface area contributed by atoms with Crippen LogP contribution in [0.1, 0.15) is 25.0 Å². The predicted molar refractivity (Wildman–Crippen MR) is 62.3 cm³/mol. The summed E-state index contributed by atoms with van der Waals surface area (Å²) >= 11 is 0. The zero-order chi connectivity index (χ0) is 12.0. The van der Waals surface area contributed by atoms with Crippen molar-refractivity contribution in [2.24, 2.45) is 0 Å². The van der Waals surface area contributed by atoms with Crippen LogP contribution in [0.2, 0.25) is 0 Å². The molecule has 2 N–H and O–H groups in total. The maximum atomic E-state index is 12.6. The lowest BCUT2D eigenvalue weighted by molar-refractivity contribution is 0.171. The molecule has 2 unspecified atom stereocenters. The van der Waals surface area contributed by atoms with E-state index in [-0.39, 0.29) is 11.9 Å². The number of nitrogens with one attached hydrogen (secondary N) is 1. The maximum absolute atomic E-state index is 12.6. The summed E-state index contributed by atoms with van der Waals surface area (Å²) in [6.45, 7) is 2.37. The van der Waals surface area contributed by atoms with Gasteiger partial charge in [-0.3, -0.25) is 0 Å². The lowest BCUT2D eigenvalue weighted by Gasteiger charge is -2.15. The van der Waals surface area contributed by atoms with Gasteiger partial charge in [-0.25, -0.2) is 4.39 Å². The molecule has 0 spiro atoms. The number of aliphatic hydroxyl groups excluding tert-OH is 1. The Morgan fingerprint density at radius 3 is 2.62 bits per heavy atom. The van der Waals surface area contributed by atoms with Crippen LogP contribution >= 0.6 is 0 Å². The zero-order valence-electron chi connectivity index (χ0n) is 9.28. The van der Waals surface area contributed by atoms with Crippen LogP contribution in [0.15, 0.2) is 24.3 Å². The van der Waals surface area contributed by atoms with Gasteiger partial charge in [-0.05, 0) is 24.6 Å². The Kier molecular flexibility index (Phi) is 4.97. The summed E-state index contributed by atoms with van der Waals surface area (Å²) in [7, 11) is 0. The average molecular weight is 221 g/mol. The second-order valence-electron chi connectivity index (χ2n) is 3.78. The second-order valence-corrected chi connectivity index (χ2v) is 3.78. The summed E-state index contributed by atoms with van der Waals surface area (Å²) < 4.78 is 12.6. The molecule has 0 saturated heterocycles. The minimum absolute atomic E-state index is 0.167. The Hall–Kier alpha value is -1.37. The molecule has 1 rings (SSSR count). The third kappa shape index (κ3) is 4.01. The Bertz CT molecular complexity index is 355. The van der Waals surface area contributed by atoms with E-state index in [4.69, 9.17) is 6.42 Å². The summed E-state index contributed by atoms with van der Waals surface area (Å²) in [4.78, 5) is 0. The Balaban J connectivity index is 2.44. The summed E-state index contributed by atoms with van der Waals surface area (Å²) in [5.74, 6) is 2.24. The zero-order valence-corrected chi connectivity index (χ0v) is 9.28. The van der Waals surface area contributed by atoms with Crippen LogP contribution in [-0.4, -0.2) is 17.7 Å². The third-order valence-electron chi connectivity index (χ3n) is 2.34. The maximum Gasteiger partial charge on any atom is 0.123 e. The fourth-order valence-corrected chi connectivity index (χ4v) is 1.36. The first kappa shape index (κ1) is 12.7. The van der Waals surface area contributed by atoms with Gasteiger partial charge in [0.2, 0.25) is 0 Å². The molecule has 0 saturated carbocycles. The van der Waals surface area contributed by atoms with Crippen LogP contribution in [0.5, 0.6) is 0 Å². The standard InChI is InChI=1S/C13H16FNO/c1-3-4-10(2)15-9-13(16)11-5-7-12(14)8-6-11/h1,5-8,10,13,15-16H,4,9H2,2H3. The van der Waals surface area contributed by atoms with Crippen molar-refractivity contribution in [3.05, 3.63) is 35.6 Å². The van der Waals surface area contributed by atoms with Gasteiger partial charge < -0.3 is 10.4 Å². The van der Waals surface area contributed by atoms with Crippen molar-refractivity contribution in [1.29, 1.82) is 0 Å². The van der Waals surface area contributed by atoms with Crippen LogP contribution in [0.4, 0.5) is 4.39 Å². The fraction of sp³-hybridized carbons (Fsp3) is 0.385. The van der Waals surface area contributed by atoms with Crippen molar-refractivity contribution >= 4 is 0 Å². The number of benzene rings is 1. The van der Waals surface area contributed by atoms with Gasteiger partial charge >= 0.3 is 0 Å². The number of rotatable bonds is 5. The number of hydrogen-bond donors (Lipinski definition) is 2. The highest BCUT2D eigenvalue weighted by Crippen LogP contribution is 2.12. The van der Waals surface area contributed by atoms with Gasteiger partial charge in [0.1, 0.15) is 5.82 Å². The van der Waals surface area contributed by atoms with E-state index >= 15 is 0 Å². The molecule has 86 valence electrons. The quantitative estimate of drug-likeness (QED) is 0.744. The van der Waals surface area contributed by atoms with Gasteiger partial charge in [0.15, 0.2) is 0 Å². The average Bonchev–Trinajstić information content (AvgIpc) is 2.27. The molecule has 2 atom stereocenters. The Labute approximate surface area is 95.5 Å². The van der Waals surface area contributed by atoms with Crippen LogP contribution in [0, 0.1) is 18.2 Å². The van der Waals surface area contributed by atoms with E-state index in [1.54, 1.807) is 12.1 Å². The molecule has 0 fully saturated rings. The van der Waals surface area contributed by atoms with Gasteiger partial charge in [-0.2, -0.15) is 0 Å². The topological polar surface area (TPSA) is 32.3 Å². The highest BCUT2D eigenvalue weighted by Gasteiger charge is 2.08. The molecule has 1 aromatic rings. The molecular formula is C13H16FNO. The van der Waals surface area contributed by atoms with E-state index in [0.29, 0.717) is 18.5 Å². The molecule has 0 aliphatic carbocycles. The first-order valence-electron chi connectivity index (χ1n) is 5.24. The van der Waals surface area contributed by atoms with Crippen molar-refractivity contribution in [3.63, 3.8) is 0 Å². The molecule has 3 heteroatoms. The summed E-state index contributed by atoms with van der Waals surface area (Å²) in [6, 6.07) is 5.99. The first-order valence-corrected chi connectivity index (χ1v) is 5.24. The van der Waals surface area contributed by atoms with Crippen LogP contribution in [-0.2, 0) is 0 Å². The lowest BCUT2D eigenvalue weighted by atomic mass is 10.1. The molecule has 0 radical (unpaired) electrons. The number of terminal acetylenes is 1. The normalized spacial score (nSPS) is 14.1. The molecule has 0 aliphatic heterocycles.